The lowest BCUT2D eigenvalue weighted by molar-refractivity contribution is -0.118. The van der Waals surface area contributed by atoms with Gasteiger partial charge in [-0.15, -0.1) is 5.10 Å². The van der Waals surface area contributed by atoms with Crippen molar-refractivity contribution in [3.63, 3.8) is 0 Å². The van der Waals surface area contributed by atoms with Gasteiger partial charge in [0.2, 0.25) is 0 Å². The molecule has 1 N–H and O–H groups in total. The molecule has 8 nitrogen and oxygen atoms in total. The normalized spacial score (nSPS) is 32.5. The number of aliphatic imine (C=N–C) groups is 1. The number of fused-ring (bicyclic) bond motifs is 1. The summed E-state index contributed by atoms with van der Waals surface area (Å²) in [5, 5.41) is 11.8. The molecule has 4 unspecified atom stereocenters. The monoisotopic (exact) mass is 385 g/mol. The Morgan fingerprint density at radius 3 is 2.86 bits per heavy atom. The maximum atomic E-state index is 12.3. The van der Waals surface area contributed by atoms with Crippen molar-refractivity contribution in [1.29, 1.82) is 0 Å². The molecule has 0 bridgehead atoms. The number of carbonyl (C=O) groups excluding carboxylic acids is 1. The third kappa shape index (κ3) is 3.51. The van der Waals surface area contributed by atoms with E-state index in [-0.39, 0.29) is 30.2 Å². The molecule has 0 radical (unpaired) electrons. The van der Waals surface area contributed by atoms with Crippen molar-refractivity contribution < 1.29 is 14.3 Å². The fourth-order valence-electron chi connectivity index (χ4n) is 4.85. The van der Waals surface area contributed by atoms with Gasteiger partial charge in [-0.2, -0.15) is 0 Å². The van der Waals surface area contributed by atoms with Gasteiger partial charge in [0.15, 0.2) is 0 Å². The minimum Gasteiger partial charge on any atom is -0.371 e. The maximum Gasteiger partial charge on any atom is 0.269 e. The first-order valence-corrected chi connectivity index (χ1v) is 10.5. The summed E-state index contributed by atoms with van der Waals surface area (Å²) < 4.78 is 13.9. The van der Waals surface area contributed by atoms with Crippen LogP contribution < -0.4 is 5.32 Å². The summed E-state index contributed by atoms with van der Waals surface area (Å²) >= 11 is 0. The van der Waals surface area contributed by atoms with Crippen LogP contribution in [-0.4, -0.2) is 58.6 Å². The first-order chi connectivity index (χ1) is 13.8. The number of aromatic nitrogens is 3. The average Bonchev–Trinajstić information content (AvgIpc) is 3.49. The standard InChI is InChI=1S/C20H27N5O3/c26-20(15-7-4-8-21-15)22-16-11-27-19-17(12-28-18(16)19)25-10-14(23-24-25)9-13-5-2-1-3-6-13/h7-8,10,13,16-19H,1-6,9,11-12H2,(H,22,26). The fourth-order valence-corrected chi connectivity index (χ4v) is 4.85. The number of ether oxygens (including phenoxy) is 2. The smallest absolute Gasteiger partial charge is 0.269 e. The molecule has 4 heterocycles. The molecule has 1 aromatic rings. The van der Waals surface area contributed by atoms with Crippen molar-refractivity contribution in [2.24, 2.45) is 10.9 Å². The van der Waals surface area contributed by atoms with Crippen LogP contribution in [0.3, 0.4) is 0 Å². The minimum atomic E-state index is -0.163. The summed E-state index contributed by atoms with van der Waals surface area (Å²) in [6.07, 6.45) is 13.7. The average molecular weight is 385 g/mol. The molecule has 150 valence electrons. The van der Waals surface area contributed by atoms with E-state index >= 15 is 0 Å². The van der Waals surface area contributed by atoms with Gasteiger partial charge in [0.05, 0.1) is 24.9 Å². The van der Waals surface area contributed by atoms with E-state index in [4.69, 9.17) is 9.47 Å². The van der Waals surface area contributed by atoms with Crippen LogP contribution in [0.1, 0.15) is 50.3 Å². The van der Waals surface area contributed by atoms with Crippen LogP contribution in [0.5, 0.6) is 0 Å². The lowest BCUT2D eigenvalue weighted by atomic mass is 9.86. The van der Waals surface area contributed by atoms with Gasteiger partial charge in [-0.3, -0.25) is 9.79 Å². The van der Waals surface area contributed by atoms with Gasteiger partial charge in [-0.05, 0) is 18.4 Å². The number of nitrogens with zero attached hydrogens (tertiary/aromatic N) is 4. The summed E-state index contributed by atoms with van der Waals surface area (Å²) in [6, 6.07) is -0.160. The molecule has 1 aliphatic carbocycles. The molecule has 8 heteroatoms. The lowest BCUT2D eigenvalue weighted by Crippen LogP contribution is -2.44. The number of amides is 1. The Labute approximate surface area is 164 Å². The molecule has 4 atom stereocenters. The van der Waals surface area contributed by atoms with E-state index in [9.17, 15) is 4.79 Å². The zero-order chi connectivity index (χ0) is 18.9. The Hall–Kier alpha value is -2.06. The molecule has 3 aliphatic heterocycles. The summed E-state index contributed by atoms with van der Waals surface area (Å²) in [5.74, 6) is 0.576. The number of rotatable bonds is 5. The Morgan fingerprint density at radius 1 is 1.18 bits per heavy atom. The van der Waals surface area contributed by atoms with Crippen LogP contribution in [0.2, 0.25) is 0 Å². The largest absolute Gasteiger partial charge is 0.371 e. The zero-order valence-electron chi connectivity index (χ0n) is 16.0. The van der Waals surface area contributed by atoms with Crippen LogP contribution in [0, 0.1) is 5.92 Å². The first kappa shape index (κ1) is 18.0. The predicted molar refractivity (Wildman–Crippen MR) is 102 cm³/mol. The molecule has 28 heavy (non-hydrogen) atoms. The molecule has 4 aliphatic rings. The Balaban J connectivity index is 1.20. The Kier molecular flexibility index (Phi) is 4.98. The number of allylic oxidation sites excluding steroid dienone is 1. The zero-order valence-corrected chi connectivity index (χ0v) is 16.0. The van der Waals surface area contributed by atoms with E-state index in [0.717, 1.165) is 18.0 Å². The van der Waals surface area contributed by atoms with Crippen molar-refractivity contribution in [3.05, 3.63) is 23.7 Å². The summed E-state index contributed by atoms with van der Waals surface area (Å²) in [4.78, 5) is 16.4. The molecular formula is C20H27N5O3. The van der Waals surface area contributed by atoms with E-state index in [1.807, 2.05) is 10.8 Å². The van der Waals surface area contributed by atoms with Crippen LogP contribution in [0.25, 0.3) is 0 Å². The van der Waals surface area contributed by atoms with Crippen molar-refractivity contribution in [1.82, 2.24) is 20.3 Å². The summed E-state index contributed by atoms with van der Waals surface area (Å²) in [6.45, 7) is 0.965. The van der Waals surface area contributed by atoms with E-state index in [0.29, 0.717) is 25.3 Å². The van der Waals surface area contributed by atoms with Crippen molar-refractivity contribution in [3.8, 4) is 0 Å². The maximum absolute atomic E-state index is 12.3. The minimum absolute atomic E-state index is 0.00299. The highest BCUT2D eigenvalue weighted by atomic mass is 16.6. The predicted octanol–water partition coefficient (Wildman–Crippen LogP) is 1.58. The second-order valence-corrected chi connectivity index (χ2v) is 8.28. The van der Waals surface area contributed by atoms with E-state index < -0.39 is 0 Å². The highest BCUT2D eigenvalue weighted by Gasteiger charge is 2.49. The van der Waals surface area contributed by atoms with Gasteiger partial charge in [0, 0.05) is 18.8 Å². The number of hydrogen-bond donors (Lipinski definition) is 1. The molecular weight excluding hydrogens is 358 g/mol. The van der Waals surface area contributed by atoms with Crippen LogP contribution in [0.4, 0.5) is 0 Å². The van der Waals surface area contributed by atoms with Gasteiger partial charge in [-0.25, -0.2) is 4.68 Å². The Morgan fingerprint density at radius 2 is 2.04 bits per heavy atom. The molecule has 1 saturated carbocycles. The number of carbonyl (C=O) groups is 1. The third-order valence-electron chi connectivity index (χ3n) is 6.34. The van der Waals surface area contributed by atoms with Crippen molar-refractivity contribution in [2.75, 3.05) is 13.2 Å². The fraction of sp³-hybridized carbons (Fsp3) is 0.700. The molecule has 1 aromatic heterocycles. The highest BCUT2D eigenvalue weighted by molar-refractivity contribution is 5.96. The SMILES string of the molecule is O=C(NC1COC2C1OCC2n1cc(CC2CCCCC2)nn1)C1=CCC=N1. The van der Waals surface area contributed by atoms with Crippen molar-refractivity contribution in [2.45, 2.75) is 69.2 Å². The van der Waals surface area contributed by atoms with E-state index in [1.54, 1.807) is 6.21 Å². The topological polar surface area (TPSA) is 90.6 Å². The molecule has 2 saturated heterocycles. The molecule has 0 aromatic carbocycles. The van der Waals surface area contributed by atoms with Gasteiger partial charge in [0.25, 0.3) is 5.91 Å². The van der Waals surface area contributed by atoms with E-state index in [2.05, 4.69) is 26.8 Å². The number of nitrogens with one attached hydrogen (secondary N) is 1. The first-order valence-electron chi connectivity index (χ1n) is 10.5. The van der Waals surface area contributed by atoms with Gasteiger partial charge in [-0.1, -0.05) is 37.3 Å². The van der Waals surface area contributed by atoms with E-state index in [1.165, 1.54) is 32.1 Å². The molecule has 5 rings (SSSR count). The second kappa shape index (κ2) is 7.75. The second-order valence-electron chi connectivity index (χ2n) is 8.28. The van der Waals surface area contributed by atoms with Crippen molar-refractivity contribution >= 4 is 12.1 Å². The lowest BCUT2D eigenvalue weighted by Gasteiger charge is -2.20. The highest BCUT2D eigenvalue weighted by Crippen LogP contribution is 2.34. The third-order valence-corrected chi connectivity index (χ3v) is 6.34. The summed E-state index contributed by atoms with van der Waals surface area (Å²) in [5.41, 5.74) is 1.53. The molecule has 1 amide bonds. The number of hydrogen-bond acceptors (Lipinski definition) is 6. The van der Waals surface area contributed by atoms with Gasteiger partial charge in [0.1, 0.15) is 23.9 Å². The summed E-state index contributed by atoms with van der Waals surface area (Å²) in [7, 11) is 0. The molecule has 3 fully saturated rings. The van der Waals surface area contributed by atoms with Crippen LogP contribution >= 0.6 is 0 Å². The van der Waals surface area contributed by atoms with Crippen LogP contribution in [0.15, 0.2) is 23.0 Å². The van der Waals surface area contributed by atoms with Gasteiger partial charge >= 0.3 is 0 Å². The van der Waals surface area contributed by atoms with Crippen LogP contribution in [-0.2, 0) is 20.7 Å². The van der Waals surface area contributed by atoms with Gasteiger partial charge < -0.3 is 14.8 Å². The molecule has 0 spiro atoms. The Bertz CT molecular complexity index is 783. The quantitative estimate of drug-likeness (QED) is 0.831.